The Kier molecular flexibility index (Phi) is 5.84. The van der Waals surface area contributed by atoms with Gasteiger partial charge in [-0.05, 0) is 61.6 Å². The number of fused-ring (bicyclic) bond motifs is 1. The molecule has 2 aliphatic rings. The highest BCUT2D eigenvalue weighted by molar-refractivity contribution is 6.19. The number of anilines is 1. The monoisotopic (exact) mass is 420 g/mol. The van der Waals surface area contributed by atoms with Crippen molar-refractivity contribution in [3.63, 3.8) is 0 Å². The molecule has 0 unspecified atom stereocenters. The first-order valence-corrected chi connectivity index (χ1v) is 10.5. The van der Waals surface area contributed by atoms with Gasteiger partial charge < -0.3 is 10.1 Å². The molecule has 0 aromatic heterocycles. The summed E-state index contributed by atoms with van der Waals surface area (Å²) in [7, 11) is 0. The third-order valence-corrected chi connectivity index (χ3v) is 5.75. The second kappa shape index (κ2) is 8.71. The zero-order valence-corrected chi connectivity index (χ0v) is 17.3. The van der Waals surface area contributed by atoms with E-state index in [1.807, 2.05) is 18.2 Å². The zero-order valence-electron chi connectivity index (χ0n) is 17.3. The number of imide groups is 1. The van der Waals surface area contributed by atoms with Crippen LogP contribution in [0.1, 0.15) is 60.1 Å². The van der Waals surface area contributed by atoms with Crippen LogP contribution in [0.3, 0.4) is 0 Å². The summed E-state index contributed by atoms with van der Waals surface area (Å²) < 4.78 is 5.34. The van der Waals surface area contributed by atoms with Crippen LogP contribution in [0.15, 0.2) is 48.5 Å². The summed E-state index contributed by atoms with van der Waals surface area (Å²) >= 11 is 0. The Balaban J connectivity index is 1.37. The molecule has 4 rings (SSSR count). The first-order chi connectivity index (χ1) is 14.9. The van der Waals surface area contributed by atoms with Gasteiger partial charge in [-0.25, -0.2) is 4.79 Å². The number of hydrogen-bond acceptors (Lipinski definition) is 5. The number of carbonyl (C=O) groups excluding carboxylic acids is 4. The number of esters is 1. The SMILES string of the molecule is C[C@@H](OC(=O)c1ccc(N2C(=O)CCC2=O)cc1)C(=O)N[C@@H]1CCCc2ccccc21. The van der Waals surface area contributed by atoms with Crippen LogP contribution in [0.25, 0.3) is 0 Å². The largest absolute Gasteiger partial charge is 0.449 e. The molecule has 160 valence electrons. The van der Waals surface area contributed by atoms with Gasteiger partial charge in [0.25, 0.3) is 5.91 Å². The number of aryl methyl sites for hydroxylation is 1. The van der Waals surface area contributed by atoms with Crippen molar-refractivity contribution in [2.45, 2.75) is 51.2 Å². The van der Waals surface area contributed by atoms with Gasteiger partial charge in [0.05, 0.1) is 17.3 Å². The van der Waals surface area contributed by atoms with E-state index >= 15 is 0 Å². The smallest absolute Gasteiger partial charge is 0.338 e. The van der Waals surface area contributed by atoms with Crippen LogP contribution in [-0.2, 0) is 25.5 Å². The predicted octanol–water partition coefficient (Wildman–Crippen LogP) is 3.08. The normalized spacial score (nSPS) is 19.0. The maximum Gasteiger partial charge on any atom is 0.338 e. The lowest BCUT2D eigenvalue weighted by Crippen LogP contribution is -2.39. The highest BCUT2D eigenvalue weighted by Crippen LogP contribution is 2.29. The minimum absolute atomic E-state index is 0.0894. The van der Waals surface area contributed by atoms with Gasteiger partial charge in [-0.15, -0.1) is 0 Å². The highest BCUT2D eigenvalue weighted by Gasteiger charge is 2.30. The molecule has 0 saturated carbocycles. The van der Waals surface area contributed by atoms with E-state index in [4.69, 9.17) is 4.74 Å². The predicted molar refractivity (Wildman–Crippen MR) is 113 cm³/mol. The van der Waals surface area contributed by atoms with Crippen LogP contribution >= 0.6 is 0 Å². The fourth-order valence-electron chi connectivity index (χ4n) is 4.09. The average Bonchev–Trinajstić information content (AvgIpc) is 3.12. The van der Waals surface area contributed by atoms with Crippen molar-refractivity contribution < 1.29 is 23.9 Å². The molecule has 1 heterocycles. The molecule has 1 aliphatic heterocycles. The Morgan fingerprint density at radius 3 is 2.39 bits per heavy atom. The maximum absolute atomic E-state index is 12.6. The molecule has 1 N–H and O–H groups in total. The van der Waals surface area contributed by atoms with Crippen molar-refractivity contribution in [2.24, 2.45) is 0 Å². The summed E-state index contributed by atoms with van der Waals surface area (Å²) in [5.41, 5.74) is 3.01. The number of nitrogens with one attached hydrogen (secondary N) is 1. The Bertz CT molecular complexity index is 1010. The molecule has 2 aromatic rings. The molecule has 0 radical (unpaired) electrons. The molecule has 1 saturated heterocycles. The number of ether oxygens (including phenoxy) is 1. The quantitative estimate of drug-likeness (QED) is 0.593. The number of carbonyl (C=O) groups is 4. The maximum atomic E-state index is 12.6. The van der Waals surface area contributed by atoms with Crippen molar-refractivity contribution >= 4 is 29.4 Å². The fourth-order valence-corrected chi connectivity index (χ4v) is 4.09. The lowest BCUT2D eigenvalue weighted by molar-refractivity contribution is -0.130. The molecule has 31 heavy (non-hydrogen) atoms. The lowest BCUT2D eigenvalue weighted by Gasteiger charge is -2.27. The van der Waals surface area contributed by atoms with Crippen molar-refractivity contribution in [2.75, 3.05) is 4.90 Å². The van der Waals surface area contributed by atoms with E-state index in [2.05, 4.69) is 11.4 Å². The van der Waals surface area contributed by atoms with Crippen LogP contribution in [0.2, 0.25) is 0 Å². The molecule has 7 nitrogen and oxygen atoms in total. The van der Waals surface area contributed by atoms with E-state index in [0.717, 1.165) is 29.7 Å². The van der Waals surface area contributed by atoms with Gasteiger partial charge in [0.15, 0.2) is 6.10 Å². The summed E-state index contributed by atoms with van der Waals surface area (Å²) in [6.45, 7) is 1.54. The van der Waals surface area contributed by atoms with Crippen molar-refractivity contribution in [1.82, 2.24) is 5.32 Å². The standard InChI is InChI=1S/C24H24N2O5/c1-15(23(29)25-20-8-4-6-16-5-2-3-7-19(16)20)31-24(30)17-9-11-18(12-10-17)26-21(27)13-14-22(26)28/h2-3,5,7,9-12,15,20H,4,6,8,13-14H2,1H3,(H,25,29)/t15-,20-/m1/s1. The van der Waals surface area contributed by atoms with E-state index in [-0.39, 0.29) is 42.2 Å². The summed E-state index contributed by atoms with van der Waals surface area (Å²) in [5, 5.41) is 2.99. The number of rotatable bonds is 5. The summed E-state index contributed by atoms with van der Waals surface area (Å²) in [6, 6.07) is 14.0. The summed E-state index contributed by atoms with van der Waals surface area (Å²) in [6.07, 6.45) is 2.27. The number of amides is 3. The molecule has 1 fully saturated rings. The Morgan fingerprint density at radius 2 is 1.68 bits per heavy atom. The third-order valence-electron chi connectivity index (χ3n) is 5.75. The van der Waals surface area contributed by atoms with Crippen LogP contribution in [0.4, 0.5) is 5.69 Å². The van der Waals surface area contributed by atoms with Gasteiger partial charge in [-0.2, -0.15) is 0 Å². The molecule has 1 aliphatic carbocycles. The summed E-state index contributed by atoms with van der Waals surface area (Å²) in [5.74, 6) is -1.50. The van der Waals surface area contributed by atoms with Gasteiger partial charge in [-0.3, -0.25) is 19.3 Å². The topological polar surface area (TPSA) is 92.8 Å². The summed E-state index contributed by atoms with van der Waals surface area (Å²) in [4.78, 5) is 49.9. The minimum Gasteiger partial charge on any atom is -0.449 e. The van der Waals surface area contributed by atoms with Gasteiger partial charge in [0, 0.05) is 12.8 Å². The van der Waals surface area contributed by atoms with Gasteiger partial charge in [-0.1, -0.05) is 24.3 Å². The highest BCUT2D eigenvalue weighted by atomic mass is 16.5. The van der Waals surface area contributed by atoms with Crippen LogP contribution in [-0.4, -0.2) is 29.8 Å². The fraction of sp³-hybridized carbons (Fsp3) is 0.333. The molecule has 3 amide bonds. The van der Waals surface area contributed by atoms with Crippen molar-refractivity contribution in [3.05, 3.63) is 65.2 Å². The molecule has 0 bridgehead atoms. The second-order valence-electron chi connectivity index (χ2n) is 7.87. The Morgan fingerprint density at radius 1 is 1.00 bits per heavy atom. The first-order valence-electron chi connectivity index (χ1n) is 10.5. The average molecular weight is 420 g/mol. The van der Waals surface area contributed by atoms with Crippen molar-refractivity contribution in [3.8, 4) is 0 Å². The lowest BCUT2D eigenvalue weighted by atomic mass is 9.87. The van der Waals surface area contributed by atoms with E-state index in [9.17, 15) is 19.2 Å². The molecule has 2 atom stereocenters. The minimum atomic E-state index is -0.956. The number of hydrogen-bond donors (Lipinski definition) is 1. The number of nitrogens with zero attached hydrogens (tertiary/aromatic N) is 1. The van der Waals surface area contributed by atoms with Crippen molar-refractivity contribution in [1.29, 1.82) is 0 Å². The van der Waals surface area contributed by atoms with Gasteiger partial charge in [0.1, 0.15) is 0 Å². The van der Waals surface area contributed by atoms with E-state index in [1.165, 1.54) is 36.8 Å². The van der Waals surface area contributed by atoms with Gasteiger partial charge in [0.2, 0.25) is 11.8 Å². The number of benzene rings is 2. The van der Waals surface area contributed by atoms with E-state index in [0.29, 0.717) is 5.69 Å². The first kappa shape index (κ1) is 20.8. The third kappa shape index (κ3) is 4.35. The van der Waals surface area contributed by atoms with Crippen LogP contribution < -0.4 is 10.2 Å². The second-order valence-corrected chi connectivity index (χ2v) is 7.87. The van der Waals surface area contributed by atoms with Gasteiger partial charge >= 0.3 is 5.97 Å². The molecular weight excluding hydrogens is 396 g/mol. The Labute approximate surface area is 180 Å². The molecule has 2 aromatic carbocycles. The van der Waals surface area contributed by atoms with Crippen LogP contribution in [0, 0.1) is 0 Å². The zero-order chi connectivity index (χ0) is 22.0. The van der Waals surface area contributed by atoms with Crippen LogP contribution in [0.5, 0.6) is 0 Å². The Hall–Kier alpha value is -3.48. The molecular formula is C24H24N2O5. The molecule has 0 spiro atoms. The molecule has 7 heteroatoms. The van der Waals surface area contributed by atoms with E-state index < -0.39 is 12.1 Å². The van der Waals surface area contributed by atoms with E-state index in [1.54, 1.807) is 0 Å².